The molecule has 3 unspecified atom stereocenters. The van der Waals surface area contributed by atoms with Crippen LogP contribution in [-0.4, -0.2) is 80.8 Å². The number of likely N-dealkylation sites (tertiary alicyclic amines) is 1. The summed E-state index contributed by atoms with van der Waals surface area (Å²) < 4.78 is 6.45. The number of carboxylic acid groups (broad SMARTS) is 1. The molecule has 2 N–H and O–H groups in total. The van der Waals surface area contributed by atoms with Gasteiger partial charge in [-0.15, -0.1) is 6.58 Å². The van der Waals surface area contributed by atoms with E-state index in [2.05, 4.69) is 6.58 Å². The molecule has 0 radical (unpaired) electrons. The van der Waals surface area contributed by atoms with Gasteiger partial charge in [-0.1, -0.05) is 26.3 Å². The van der Waals surface area contributed by atoms with Crippen LogP contribution < -0.4 is 0 Å². The number of carbonyl (C=O) groups is 3. The minimum absolute atomic E-state index is 0.0214. The summed E-state index contributed by atoms with van der Waals surface area (Å²) in [5.41, 5.74) is -2.08. The fourth-order valence-electron chi connectivity index (χ4n) is 6.08. The minimum Gasteiger partial charge on any atom is -0.481 e. The summed E-state index contributed by atoms with van der Waals surface area (Å²) in [6.07, 6.45) is 4.80. The van der Waals surface area contributed by atoms with Crippen molar-refractivity contribution in [3.8, 4) is 0 Å². The van der Waals surface area contributed by atoms with E-state index in [-0.39, 0.29) is 25.1 Å². The maximum Gasteiger partial charge on any atom is 0.310 e. The molecule has 3 fully saturated rings. The monoisotopic (exact) mass is 422 g/mol. The molecule has 8 nitrogen and oxygen atoms in total. The van der Waals surface area contributed by atoms with Gasteiger partial charge in [0.1, 0.15) is 17.6 Å². The number of fused-ring (bicyclic) bond motifs is 1. The number of aliphatic hydroxyl groups is 1. The van der Waals surface area contributed by atoms with Gasteiger partial charge in [0.2, 0.25) is 11.8 Å². The van der Waals surface area contributed by atoms with Crippen molar-refractivity contribution in [1.82, 2.24) is 9.80 Å². The topological polar surface area (TPSA) is 107 Å². The van der Waals surface area contributed by atoms with Crippen molar-refractivity contribution < 1.29 is 29.3 Å². The van der Waals surface area contributed by atoms with Crippen molar-refractivity contribution in [2.75, 3.05) is 19.7 Å². The third kappa shape index (κ3) is 3.07. The fraction of sp³-hybridized carbons (Fsp3) is 0.773. The zero-order chi connectivity index (χ0) is 22.3. The van der Waals surface area contributed by atoms with E-state index in [0.29, 0.717) is 25.8 Å². The summed E-state index contributed by atoms with van der Waals surface area (Å²) in [6.45, 7) is 9.66. The number of β-amino-alcohol motifs (C(OH)–C–C–N with tert-alkyl or cyclic N) is 1. The molecule has 168 valence electrons. The molecule has 2 bridgehead atoms. The van der Waals surface area contributed by atoms with Crippen LogP contribution >= 0.6 is 0 Å². The molecule has 3 aliphatic heterocycles. The van der Waals surface area contributed by atoms with Crippen LogP contribution in [0.3, 0.4) is 0 Å². The van der Waals surface area contributed by atoms with Crippen LogP contribution in [0, 0.1) is 11.8 Å². The first-order valence-corrected chi connectivity index (χ1v) is 11.0. The second-order valence-corrected chi connectivity index (χ2v) is 8.84. The lowest BCUT2D eigenvalue weighted by Crippen LogP contribution is -2.58. The highest BCUT2D eigenvalue weighted by Gasteiger charge is 2.79. The predicted octanol–water partition coefficient (Wildman–Crippen LogP) is 1.42. The van der Waals surface area contributed by atoms with Crippen molar-refractivity contribution in [3.05, 3.63) is 12.7 Å². The predicted molar refractivity (Wildman–Crippen MR) is 110 cm³/mol. The van der Waals surface area contributed by atoms with Gasteiger partial charge in [-0.3, -0.25) is 14.4 Å². The molecule has 0 aliphatic carbocycles. The van der Waals surface area contributed by atoms with Crippen LogP contribution in [0.1, 0.15) is 52.9 Å². The second kappa shape index (κ2) is 8.30. The lowest BCUT2D eigenvalue weighted by molar-refractivity contribution is -0.158. The molecule has 6 atom stereocenters. The molecule has 3 rings (SSSR count). The highest BCUT2D eigenvalue weighted by Crippen LogP contribution is 2.64. The van der Waals surface area contributed by atoms with Gasteiger partial charge >= 0.3 is 5.97 Å². The maximum atomic E-state index is 13.9. The van der Waals surface area contributed by atoms with Crippen molar-refractivity contribution in [2.24, 2.45) is 11.8 Å². The molecular weight excluding hydrogens is 388 g/mol. The van der Waals surface area contributed by atoms with Crippen LogP contribution in [0.2, 0.25) is 0 Å². The Morgan fingerprint density at radius 1 is 1.40 bits per heavy atom. The van der Waals surface area contributed by atoms with Gasteiger partial charge in [0, 0.05) is 19.1 Å². The molecule has 2 amide bonds. The van der Waals surface area contributed by atoms with Gasteiger partial charge in [0.25, 0.3) is 0 Å². The summed E-state index contributed by atoms with van der Waals surface area (Å²) in [5.74, 6) is -3.60. The number of amides is 2. The number of ether oxygens (including phenoxy) is 1. The van der Waals surface area contributed by atoms with Crippen LogP contribution in [0.5, 0.6) is 0 Å². The Bertz CT molecular complexity index is 726. The highest BCUT2D eigenvalue weighted by molar-refractivity contribution is 5.98. The molecule has 0 aromatic carbocycles. The van der Waals surface area contributed by atoms with Crippen LogP contribution in [0.25, 0.3) is 0 Å². The Kier molecular flexibility index (Phi) is 6.30. The normalized spacial score (nSPS) is 35.4. The summed E-state index contributed by atoms with van der Waals surface area (Å²) >= 11 is 0. The summed E-state index contributed by atoms with van der Waals surface area (Å²) in [6, 6.07) is -0.991. The van der Waals surface area contributed by atoms with E-state index < -0.39 is 41.0 Å². The van der Waals surface area contributed by atoms with E-state index in [1.54, 1.807) is 11.0 Å². The lowest BCUT2D eigenvalue weighted by Gasteiger charge is -2.38. The first-order valence-electron chi connectivity index (χ1n) is 11.0. The molecule has 0 aromatic rings. The molecule has 0 aromatic heterocycles. The number of carboxylic acids is 1. The van der Waals surface area contributed by atoms with E-state index in [9.17, 15) is 24.6 Å². The van der Waals surface area contributed by atoms with Crippen molar-refractivity contribution >= 4 is 17.8 Å². The zero-order valence-corrected chi connectivity index (χ0v) is 18.2. The number of aliphatic hydroxyl groups excluding tert-OH is 1. The molecule has 8 heteroatoms. The van der Waals surface area contributed by atoms with E-state index in [1.807, 2.05) is 20.8 Å². The summed E-state index contributed by atoms with van der Waals surface area (Å²) in [7, 11) is 0. The molecule has 0 saturated carbocycles. The number of hydrogen-bond acceptors (Lipinski definition) is 5. The first-order chi connectivity index (χ1) is 14.2. The van der Waals surface area contributed by atoms with Gasteiger partial charge in [-0.2, -0.15) is 0 Å². The molecule has 1 spiro atoms. The third-order valence-corrected chi connectivity index (χ3v) is 7.37. The largest absolute Gasteiger partial charge is 0.481 e. The van der Waals surface area contributed by atoms with Crippen LogP contribution in [0.4, 0.5) is 0 Å². The zero-order valence-electron chi connectivity index (χ0n) is 18.2. The van der Waals surface area contributed by atoms with E-state index >= 15 is 0 Å². The van der Waals surface area contributed by atoms with Gasteiger partial charge in [-0.25, -0.2) is 0 Å². The number of nitrogens with zero attached hydrogens (tertiary/aromatic N) is 2. The Labute approximate surface area is 177 Å². The Hall–Kier alpha value is -1.93. The Balaban J connectivity index is 2.08. The quantitative estimate of drug-likeness (QED) is 0.516. The SMILES string of the molecule is C=CCN(C(=O)C1N(CCO)C(=O)[C@@H]2[C@@H](C(=O)O)[C@@]3(CC)CCC12O3)C(C)CCC. The average Bonchev–Trinajstić information content (AvgIpc) is 3.30. The van der Waals surface area contributed by atoms with Crippen molar-refractivity contribution in [3.63, 3.8) is 0 Å². The first kappa shape index (κ1) is 22.7. The molecule has 30 heavy (non-hydrogen) atoms. The second-order valence-electron chi connectivity index (χ2n) is 8.84. The van der Waals surface area contributed by atoms with Gasteiger partial charge in [-0.05, 0) is 32.6 Å². The molecule has 3 aliphatic rings. The minimum atomic E-state index is -1.16. The Morgan fingerprint density at radius 3 is 2.63 bits per heavy atom. The fourth-order valence-corrected chi connectivity index (χ4v) is 6.08. The van der Waals surface area contributed by atoms with Crippen LogP contribution in [0.15, 0.2) is 12.7 Å². The van der Waals surface area contributed by atoms with E-state index in [0.717, 1.165) is 12.8 Å². The number of hydrogen-bond donors (Lipinski definition) is 2. The van der Waals surface area contributed by atoms with Gasteiger partial charge in [0.05, 0.1) is 18.1 Å². The van der Waals surface area contributed by atoms with Crippen molar-refractivity contribution in [2.45, 2.75) is 76.2 Å². The molecule has 3 heterocycles. The van der Waals surface area contributed by atoms with E-state index in [1.165, 1.54) is 4.90 Å². The molecular formula is C22H34N2O6. The highest BCUT2D eigenvalue weighted by atomic mass is 16.5. The number of aliphatic carboxylic acids is 1. The lowest BCUT2D eigenvalue weighted by atomic mass is 9.65. The smallest absolute Gasteiger partial charge is 0.310 e. The van der Waals surface area contributed by atoms with Gasteiger partial charge < -0.3 is 24.7 Å². The summed E-state index contributed by atoms with van der Waals surface area (Å²) in [5, 5.41) is 19.6. The Morgan fingerprint density at radius 2 is 2.10 bits per heavy atom. The third-order valence-electron chi connectivity index (χ3n) is 7.37. The molecule has 3 saturated heterocycles. The van der Waals surface area contributed by atoms with Gasteiger partial charge in [0.15, 0.2) is 0 Å². The number of carbonyl (C=O) groups excluding carboxylic acids is 2. The van der Waals surface area contributed by atoms with Crippen LogP contribution in [-0.2, 0) is 19.1 Å². The standard InChI is InChI=1S/C22H34N2O6/c1-5-8-14(4)23(11-6-2)19(27)17-22-10-9-21(7-3,30-22)16(20(28)29)15(22)18(26)24(17)12-13-25/h6,14-17,25H,2,5,7-13H2,1,3-4H3,(H,28,29)/t14?,15-,16-,17?,21+,22?/m0/s1. The number of rotatable bonds is 10. The maximum absolute atomic E-state index is 13.9. The van der Waals surface area contributed by atoms with Crippen molar-refractivity contribution in [1.29, 1.82) is 0 Å². The average molecular weight is 423 g/mol. The summed E-state index contributed by atoms with van der Waals surface area (Å²) in [4.78, 5) is 42.5. The van der Waals surface area contributed by atoms with E-state index in [4.69, 9.17) is 4.74 Å².